The van der Waals surface area contributed by atoms with Gasteiger partial charge in [-0.15, -0.1) is 11.3 Å². The normalized spacial score (nSPS) is 11.0. The average Bonchev–Trinajstić information content (AvgIpc) is 2.56. The van der Waals surface area contributed by atoms with Crippen LogP contribution in [0.15, 0.2) is 18.2 Å². The third kappa shape index (κ3) is 2.25. The smallest absolute Gasteiger partial charge is 0.0938 e. The zero-order valence-corrected chi connectivity index (χ0v) is 11.1. The molecule has 3 heteroatoms. The van der Waals surface area contributed by atoms with Gasteiger partial charge in [0.2, 0.25) is 0 Å². The summed E-state index contributed by atoms with van der Waals surface area (Å²) in [7, 11) is 0. The number of aromatic nitrogens is 1. The molecular formula is C11H12INS. The second-order valence-electron chi connectivity index (χ2n) is 3.32. The van der Waals surface area contributed by atoms with Crippen molar-refractivity contribution in [3.05, 3.63) is 26.8 Å². The van der Waals surface area contributed by atoms with Crippen LogP contribution in [0, 0.1) is 3.57 Å². The van der Waals surface area contributed by atoms with E-state index in [1.54, 1.807) is 0 Å². The van der Waals surface area contributed by atoms with Crippen LogP contribution in [0.2, 0.25) is 0 Å². The van der Waals surface area contributed by atoms with Crippen molar-refractivity contribution in [1.29, 1.82) is 0 Å². The second kappa shape index (κ2) is 4.57. The number of rotatable bonds is 3. The first-order valence-electron chi connectivity index (χ1n) is 4.84. The highest BCUT2D eigenvalue weighted by Crippen LogP contribution is 2.24. The van der Waals surface area contributed by atoms with Crippen molar-refractivity contribution in [2.45, 2.75) is 26.2 Å². The zero-order chi connectivity index (χ0) is 9.97. The fraction of sp³-hybridized carbons (Fsp3) is 0.364. The van der Waals surface area contributed by atoms with Crippen LogP contribution in [-0.2, 0) is 6.42 Å². The number of hydrogen-bond acceptors (Lipinski definition) is 2. The summed E-state index contributed by atoms with van der Waals surface area (Å²) in [6.07, 6.45) is 3.62. The fourth-order valence-electron chi connectivity index (χ4n) is 1.38. The minimum Gasteiger partial charge on any atom is -0.241 e. The molecule has 0 aliphatic heterocycles. The highest BCUT2D eigenvalue weighted by molar-refractivity contribution is 14.1. The van der Waals surface area contributed by atoms with E-state index in [0.29, 0.717) is 0 Å². The Labute approximate surface area is 102 Å². The van der Waals surface area contributed by atoms with E-state index in [1.807, 2.05) is 11.3 Å². The molecule has 14 heavy (non-hydrogen) atoms. The van der Waals surface area contributed by atoms with Gasteiger partial charge in [0.05, 0.1) is 15.2 Å². The number of hydrogen-bond donors (Lipinski definition) is 0. The first kappa shape index (κ1) is 10.4. The van der Waals surface area contributed by atoms with Crippen molar-refractivity contribution in [3.8, 4) is 0 Å². The Kier molecular flexibility index (Phi) is 3.38. The van der Waals surface area contributed by atoms with E-state index in [-0.39, 0.29) is 0 Å². The van der Waals surface area contributed by atoms with Gasteiger partial charge in [-0.3, -0.25) is 0 Å². The zero-order valence-electron chi connectivity index (χ0n) is 8.09. The number of unbranched alkanes of at least 4 members (excludes halogenated alkanes) is 1. The maximum Gasteiger partial charge on any atom is 0.0938 e. The summed E-state index contributed by atoms with van der Waals surface area (Å²) >= 11 is 4.16. The molecule has 0 radical (unpaired) electrons. The van der Waals surface area contributed by atoms with Crippen LogP contribution >= 0.6 is 33.9 Å². The summed E-state index contributed by atoms with van der Waals surface area (Å²) < 4.78 is 2.58. The number of benzene rings is 1. The maximum atomic E-state index is 4.62. The molecular weight excluding hydrogens is 305 g/mol. The van der Waals surface area contributed by atoms with Gasteiger partial charge in [0.25, 0.3) is 0 Å². The Balaban J connectivity index is 2.32. The van der Waals surface area contributed by atoms with E-state index < -0.39 is 0 Å². The SMILES string of the molecule is CCCCc1nc2cc(I)ccc2s1. The maximum absolute atomic E-state index is 4.62. The minimum atomic E-state index is 1.13. The topological polar surface area (TPSA) is 12.9 Å². The fourth-order valence-corrected chi connectivity index (χ4v) is 2.85. The van der Waals surface area contributed by atoms with Crippen LogP contribution in [0.4, 0.5) is 0 Å². The van der Waals surface area contributed by atoms with Crippen molar-refractivity contribution >= 4 is 44.1 Å². The Morgan fingerprint density at radius 2 is 2.29 bits per heavy atom. The molecule has 2 aromatic rings. The Morgan fingerprint density at radius 1 is 1.43 bits per heavy atom. The van der Waals surface area contributed by atoms with Crippen LogP contribution in [0.25, 0.3) is 10.2 Å². The summed E-state index contributed by atoms with van der Waals surface area (Å²) in [5.74, 6) is 0. The van der Waals surface area contributed by atoms with Crippen molar-refractivity contribution in [1.82, 2.24) is 4.98 Å². The molecule has 1 aromatic heterocycles. The lowest BCUT2D eigenvalue weighted by Crippen LogP contribution is -1.81. The Hall–Kier alpha value is -0.160. The van der Waals surface area contributed by atoms with Gasteiger partial charge in [0, 0.05) is 3.57 Å². The predicted octanol–water partition coefficient (Wildman–Crippen LogP) is 4.24. The van der Waals surface area contributed by atoms with E-state index in [0.717, 1.165) is 11.9 Å². The summed E-state index contributed by atoms with van der Waals surface area (Å²) in [5, 5.41) is 1.28. The molecule has 0 saturated heterocycles. The van der Waals surface area contributed by atoms with Crippen LogP contribution < -0.4 is 0 Å². The first-order chi connectivity index (χ1) is 6.79. The number of halogens is 1. The highest BCUT2D eigenvalue weighted by Gasteiger charge is 2.03. The number of thiazole rings is 1. The third-order valence-electron chi connectivity index (χ3n) is 2.14. The van der Waals surface area contributed by atoms with Gasteiger partial charge >= 0.3 is 0 Å². The minimum absolute atomic E-state index is 1.13. The summed E-state index contributed by atoms with van der Waals surface area (Å²) in [5.41, 5.74) is 1.16. The van der Waals surface area contributed by atoms with Crippen LogP contribution in [-0.4, -0.2) is 4.98 Å². The van der Waals surface area contributed by atoms with E-state index in [2.05, 4.69) is 52.7 Å². The Morgan fingerprint density at radius 3 is 3.07 bits per heavy atom. The molecule has 1 aromatic carbocycles. The van der Waals surface area contributed by atoms with Crippen molar-refractivity contribution < 1.29 is 0 Å². The van der Waals surface area contributed by atoms with E-state index in [4.69, 9.17) is 0 Å². The molecule has 74 valence electrons. The number of nitrogens with zero attached hydrogens (tertiary/aromatic N) is 1. The predicted molar refractivity (Wildman–Crippen MR) is 70.9 cm³/mol. The lowest BCUT2D eigenvalue weighted by Gasteiger charge is -1.89. The van der Waals surface area contributed by atoms with Gasteiger partial charge in [-0.2, -0.15) is 0 Å². The summed E-state index contributed by atoms with van der Waals surface area (Å²) in [4.78, 5) is 4.62. The molecule has 0 aliphatic carbocycles. The molecule has 1 nitrogen and oxygen atoms in total. The van der Waals surface area contributed by atoms with Gasteiger partial charge in [0.15, 0.2) is 0 Å². The molecule has 0 spiro atoms. The Bertz CT molecular complexity index is 436. The molecule has 1 heterocycles. The van der Waals surface area contributed by atoms with Crippen LogP contribution in [0.3, 0.4) is 0 Å². The highest BCUT2D eigenvalue weighted by atomic mass is 127. The second-order valence-corrected chi connectivity index (χ2v) is 5.68. The number of aryl methyl sites for hydroxylation is 1. The summed E-state index contributed by atoms with van der Waals surface area (Å²) in [6.45, 7) is 2.22. The molecule has 0 amide bonds. The standard InChI is InChI=1S/C11H12INS/c1-2-3-4-11-13-9-7-8(12)5-6-10(9)14-11/h5-7H,2-4H2,1H3. The van der Waals surface area contributed by atoms with Crippen molar-refractivity contribution in [2.75, 3.05) is 0 Å². The molecule has 0 unspecified atom stereocenters. The quantitative estimate of drug-likeness (QED) is 0.772. The van der Waals surface area contributed by atoms with Crippen LogP contribution in [0.5, 0.6) is 0 Å². The molecule has 0 atom stereocenters. The van der Waals surface area contributed by atoms with Gasteiger partial charge in [-0.1, -0.05) is 13.3 Å². The first-order valence-corrected chi connectivity index (χ1v) is 6.74. The average molecular weight is 317 g/mol. The van der Waals surface area contributed by atoms with Gasteiger partial charge in [-0.05, 0) is 53.6 Å². The molecule has 0 bridgehead atoms. The molecule has 0 saturated carbocycles. The van der Waals surface area contributed by atoms with E-state index in [9.17, 15) is 0 Å². The van der Waals surface area contributed by atoms with E-state index in [1.165, 1.54) is 26.1 Å². The lowest BCUT2D eigenvalue weighted by molar-refractivity contribution is 0.791. The van der Waals surface area contributed by atoms with Crippen LogP contribution in [0.1, 0.15) is 24.8 Å². The number of fused-ring (bicyclic) bond motifs is 1. The van der Waals surface area contributed by atoms with Crippen molar-refractivity contribution in [2.24, 2.45) is 0 Å². The molecule has 0 aliphatic rings. The van der Waals surface area contributed by atoms with Gasteiger partial charge in [-0.25, -0.2) is 4.98 Å². The lowest BCUT2D eigenvalue weighted by atomic mass is 10.3. The molecule has 2 rings (SSSR count). The monoisotopic (exact) mass is 317 g/mol. The largest absolute Gasteiger partial charge is 0.241 e. The third-order valence-corrected chi connectivity index (χ3v) is 3.91. The van der Waals surface area contributed by atoms with Gasteiger partial charge < -0.3 is 0 Å². The van der Waals surface area contributed by atoms with Gasteiger partial charge in [0.1, 0.15) is 0 Å². The summed E-state index contributed by atoms with van der Waals surface area (Å²) in [6, 6.07) is 6.47. The van der Waals surface area contributed by atoms with Crippen molar-refractivity contribution in [3.63, 3.8) is 0 Å². The molecule has 0 N–H and O–H groups in total. The van der Waals surface area contributed by atoms with E-state index >= 15 is 0 Å². The molecule has 0 fully saturated rings.